The summed E-state index contributed by atoms with van der Waals surface area (Å²) in [6.07, 6.45) is -2.50. The van der Waals surface area contributed by atoms with Crippen molar-refractivity contribution < 1.29 is 27.9 Å². The molecule has 1 fully saturated rings. The van der Waals surface area contributed by atoms with E-state index in [2.05, 4.69) is 10.6 Å². The predicted octanol–water partition coefficient (Wildman–Crippen LogP) is 3.32. The van der Waals surface area contributed by atoms with Crippen molar-refractivity contribution in [1.82, 2.24) is 10.6 Å². The van der Waals surface area contributed by atoms with Crippen molar-refractivity contribution in [2.75, 3.05) is 6.54 Å². The minimum atomic E-state index is -4.43. The second-order valence-electron chi connectivity index (χ2n) is 5.84. The number of alkyl halides is 3. The van der Waals surface area contributed by atoms with E-state index in [4.69, 9.17) is 5.11 Å². The summed E-state index contributed by atoms with van der Waals surface area (Å²) >= 11 is 0. The summed E-state index contributed by atoms with van der Waals surface area (Å²) in [5.74, 6) is -0.824. The third-order valence-corrected chi connectivity index (χ3v) is 3.81. The summed E-state index contributed by atoms with van der Waals surface area (Å²) in [5.41, 5.74) is -0.317. The second kappa shape index (κ2) is 7.55. The van der Waals surface area contributed by atoms with Crippen LogP contribution in [0.3, 0.4) is 0 Å². The first-order chi connectivity index (χ1) is 11.3. The van der Waals surface area contributed by atoms with Crippen LogP contribution in [0.5, 0.6) is 0 Å². The molecule has 0 aliphatic heterocycles. The maximum Gasteiger partial charge on any atom is 0.416 e. The number of urea groups is 1. The largest absolute Gasteiger partial charge is 0.481 e. The molecule has 3 N–H and O–H groups in total. The van der Waals surface area contributed by atoms with Gasteiger partial charge in [0.25, 0.3) is 0 Å². The summed E-state index contributed by atoms with van der Waals surface area (Å²) in [7, 11) is 0. The Morgan fingerprint density at radius 2 is 2.00 bits per heavy atom. The van der Waals surface area contributed by atoms with E-state index in [1.54, 1.807) is 6.07 Å². The molecule has 132 valence electrons. The minimum Gasteiger partial charge on any atom is -0.481 e. The van der Waals surface area contributed by atoms with Crippen molar-refractivity contribution in [3.8, 4) is 0 Å². The molecule has 1 atom stereocenters. The van der Waals surface area contributed by atoms with E-state index in [1.165, 1.54) is 6.07 Å². The van der Waals surface area contributed by atoms with Gasteiger partial charge < -0.3 is 15.7 Å². The lowest BCUT2D eigenvalue weighted by Crippen LogP contribution is -2.39. The summed E-state index contributed by atoms with van der Waals surface area (Å²) in [6.45, 7) is 0.193. The quantitative estimate of drug-likeness (QED) is 0.664. The van der Waals surface area contributed by atoms with Gasteiger partial charge in [0.05, 0.1) is 11.6 Å². The van der Waals surface area contributed by atoms with Crippen molar-refractivity contribution in [3.63, 3.8) is 0 Å². The number of carboxylic acid groups (broad SMARTS) is 1. The molecule has 8 heteroatoms. The Bertz CT molecular complexity index is 600. The number of rotatable bonds is 7. The molecule has 24 heavy (non-hydrogen) atoms. The minimum absolute atomic E-state index is 0.0556. The van der Waals surface area contributed by atoms with Crippen LogP contribution >= 0.6 is 0 Å². The molecule has 0 spiro atoms. The Hall–Kier alpha value is -2.25. The van der Waals surface area contributed by atoms with Crippen LogP contribution in [0.2, 0.25) is 0 Å². The molecule has 2 rings (SSSR count). The molecule has 0 saturated heterocycles. The van der Waals surface area contributed by atoms with Crippen LogP contribution in [0.25, 0.3) is 0 Å². The van der Waals surface area contributed by atoms with Crippen molar-refractivity contribution in [2.45, 2.75) is 37.9 Å². The highest BCUT2D eigenvalue weighted by molar-refractivity contribution is 5.74. The van der Waals surface area contributed by atoms with Crippen LogP contribution in [0, 0.1) is 5.92 Å². The van der Waals surface area contributed by atoms with Crippen molar-refractivity contribution >= 4 is 12.0 Å². The number of halogens is 3. The van der Waals surface area contributed by atoms with E-state index >= 15 is 0 Å². The molecular formula is C16H19F3N2O3. The maximum absolute atomic E-state index is 12.8. The first kappa shape index (κ1) is 18.1. The van der Waals surface area contributed by atoms with Crippen LogP contribution in [0.1, 0.15) is 42.9 Å². The highest BCUT2D eigenvalue weighted by Crippen LogP contribution is 2.42. The zero-order valence-corrected chi connectivity index (χ0v) is 12.9. The predicted molar refractivity (Wildman–Crippen MR) is 80.3 cm³/mol. The average molecular weight is 344 g/mol. The number of amides is 2. The number of hydrogen-bond acceptors (Lipinski definition) is 2. The van der Waals surface area contributed by atoms with Crippen LogP contribution in [-0.4, -0.2) is 23.7 Å². The van der Waals surface area contributed by atoms with E-state index < -0.39 is 29.8 Å². The highest BCUT2D eigenvalue weighted by Gasteiger charge is 2.36. The molecular weight excluding hydrogens is 325 g/mol. The number of benzene rings is 1. The zero-order chi connectivity index (χ0) is 17.7. The Balaban J connectivity index is 1.97. The number of carboxylic acids is 1. The lowest BCUT2D eigenvalue weighted by molar-refractivity contribution is -0.138. The van der Waals surface area contributed by atoms with E-state index in [0.29, 0.717) is 12.0 Å². The smallest absolute Gasteiger partial charge is 0.416 e. The maximum atomic E-state index is 12.8. The highest BCUT2D eigenvalue weighted by atomic mass is 19.4. The number of aliphatic carboxylic acids is 1. The standard InChI is InChI=1S/C16H19F3N2O3/c17-16(18,19)12-4-1-3-11(9-12)14(10-6-7-10)21-15(24)20-8-2-5-13(22)23/h1,3-4,9-10,14H,2,5-8H2,(H,22,23)(H2,20,21,24). The Kier molecular flexibility index (Phi) is 5.69. The van der Waals surface area contributed by atoms with Gasteiger partial charge in [0, 0.05) is 13.0 Å². The molecule has 1 aromatic rings. The average Bonchev–Trinajstić information content (AvgIpc) is 3.33. The monoisotopic (exact) mass is 344 g/mol. The van der Waals surface area contributed by atoms with Gasteiger partial charge in [0.2, 0.25) is 0 Å². The first-order valence-corrected chi connectivity index (χ1v) is 7.70. The van der Waals surface area contributed by atoms with Gasteiger partial charge in [-0.15, -0.1) is 0 Å². The van der Waals surface area contributed by atoms with Gasteiger partial charge in [0.15, 0.2) is 0 Å². The van der Waals surface area contributed by atoms with Gasteiger partial charge in [-0.05, 0) is 42.9 Å². The molecule has 0 aromatic heterocycles. The number of carbonyl (C=O) groups is 2. The molecule has 1 aliphatic carbocycles. The number of nitrogens with one attached hydrogen (secondary N) is 2. The molecule has 0 heterocycles. The van der Waals surface area contributed by atoms with Crippen molar-refractivity contribution in [1.29, 1.82) is 0 Å². The summed E-state index contributed by atoms with van der Waals surface area (Å²) < 4.78 is 38.5. The Morgan fingerprint density at radius 3 is 2.58 bits per heavy atom. The first-order valence-electron chi connectivity index (χ1n) is 7.70. The molecule has 1 aromatic carbocycles. The lowest BCUT2D eigenvalue weighted by atomic mass is 10.00. The van der Waals surface area contributed by atoms with Crippen LogP contribution < -0.4 is 10.6 Å². The SMILES string of the molecule is O=C(O)CCCNC(=O)NC(c1cccc(C(F)(F)F)c1)C1CC1. The summed E-state index contributed by atoms with van der Waals surface area (Å²) in [6, 6.07) is 3.98. The van der Waals surface area contributed by atoms with Gasteiger partial charge in [-0.3, -0.25) is 4.79 Å². The molecule has 0 bridgehead atoms. The molecule has 1 saturated carbocycles. The van der Waals surface area contributed by atoms with Gasteiger partial charge in [0.1, 0.15) is 0 Å². The van der Waals surface area contributed by atoms with Gasteiger partial charge >= 0.3 is 18.2 Å². The van der Waals surface area contributed by atoms with E-state index in [1.807, 2.05) is 0 Å². The van der Waals surface area contributed by atoms with Gasteiger partial charge in [-0.25, -0.2) is 4.79 Å². The normalized spacial score (nSPS) is 15.6. The summed E-state index contributed by atoms with van der Waals surface area (Å²) in [5, 5.41) is 13.8. The van der Waals surface area contributed by atoms with Crippen LogP contribution in [-0.2, 0) is 11.0 Å². The van der Waals surface area contributed by atoms with Gasteiger partial charge in [-0.2, -0.15) is 13.2 Å². The van der Waals surface area contributed by atoms with Gasteiger partial charge in [-0.1, -0.05) is 12.1 Å². The topological polar surface area (TPSA) is 78.4 Å². The lowest BCUT2D eigenvalue weighted by Gasteiger charge is -2.20. The Morgan fingerprint density at radius 1 is 1.29 bits per heavy atom. The van der Waals surface area contributed by atoms with E-state index in [9.17, 15) is 22.8 Å². The van der Waals surface area contributed by atoms with Crippen molar-refractivity contribution in [2.24, 2.45) is 5.92 Å². The molecule has 0 radical (unpaired) electrons. The zero-order valence-electron chi connectivity index (χ0n) is 12.9. The fourth-order valence-corrected chi connectivity index (χ4v) is 2.45. The van der Waals surface area contributed by atoms with E-state index in [-0.39, 0.29) is 18.9 Å². The van der Waals surface area contributed by atoms with Crippen LogP contribution in [0.4, 0.5) is 18.0 Å². The number of carbonyl (C=O) groups excluding carboxylic acids is 1. The van der Waals surface area contributed by atoms with Crippen LogP contribution in [0.15, 0.2) is 24.3 Å². The van der Waals surface area contributed by atoms with E-state index in [0.717, 1.165) is 25.0 Å². The second-order valence-corrected chi connectivity index (χ2v) is 5.84. The fourth-order valence-electron chi connectivity index (χ4n) is 2.45. The third kappa shape index (κ3) is 5.43. The summed E-state index contributed by atoms with van der Waals surface area (Å²) in [4.78, 5) is 22.3. The molecule has 2 amide bonds. The third-order valence-electron chi connectivity index (χ3n) is 3.81. The molecule has 1 aliphatic rings. The molecule has 5 nitrogen and oxygen atoms in total. The van der Waals surface area contributed by atoms with Crippen molar-refractivity contribution in [3.05, 3.63) is 35.4 Å². The fraction of sp³-hybridized carbons (Fsp3) is 0.500. The Labute approximate surface area is 137 Å². The molecule has 1 unspecified atom stereocenters. The number of hydrogen-bond donors (Lipinski definition) is 3.